The van der Waals surface area contributed by atoms with Crippen LogP contribution in [0.5, 0.6) is 0 Å². The van der Waals surface area contributed by atoms with Gasteiger partial charge in [-0.1, -0.05) is 0 Å². The van der Waals surface area contributed by atoms with Gasteiger partial charge in [-0.25, -0.2) is 0 Å². The Morgan fingerprint density at radius 3 is 3.00 bits per heavy atom. The Morgan fingerprint density at radius 1 is 1.41 bits per heavy atom. The molecule has 1 aromatic carbocycles. The second kappa shape index (κ2) is 3.65. The normalized spacial score (nSPS) is 26.5. The molecule has 0 amide bonds. The summed E-state index contributed by atoms with van der Waals surface area (Å²) in [6, 6.07) is 6.11. The molecule has 1 saturated heterocycles. The predicted octanol–water partition coefficient (Wildman–Crippen LogP) is 1.49. The van der Waals surface area contributed by atoms with E-state index >= 15 is 0 Å². The smallest absolute Gasteiger partial charge is 0.308 e. The molecule has 17 heavy (non-hydrogen) atoms. The van der Waals surface area contributed by atoms with Crippen LogP contribution in [0.4, 0.5) is 11.4 Å². The molecule has 0 aromatic heterocycles. The quantitative estimate of drug-likeness (QED) is 0.720. The number of carboxylic acids is 1. The van der Waals surface area contributed by atoms with Crippen LogP contribution in [0, 0.1) is 5.92 Å². The van der Waals surface area contributed by atoms with E-state index in [-0.39, 0.29) is 12.0 Å². The van der Waals surface area contributed by atoms with Crippen LogP contribution in [0.15, 0.2) is 18.2 Å². The molecule has 4 nitrogen and oxygen atoms in total. The van der Waals surface area contributed by atoms with Gasteiger partial charge in [-0.05, 0) is 43.0 Å². The molecule has 0 radical (unpaired) electrons. The highest BCUT2D eigenvalue weighted by atomic mass is 16.4. The fraction of sp³-hybridized carbons (Fsp3) is 0.462. The minimum Gasteiger partial charge on any atom is -0.481 e. The van der Waals surface area contributed by atoms with Crippen molar-refractivity contribution in [1.29, 1.82) is 0 Å². The summed E-state index contributed by atoms with van der Waals surface area (Å²) in [6.07, 6.45) is 2.61. The van der Waals surface area contributed by atoms with Crippen molar-refractivity contribution in [3.8, 4) is 0 Å². The molecule has 0 bridgehead atoms. The number of aliphatic carboxylic acids is 1. The number of nitrogens with zero attached hydrogens (tertiary/aromatic N) is 1. The molecule has 0 saturated carbocycles. The van der Waals surface area contributed by atoms with Crippen LogP contribution in [-0.4, -0.2) is 23.7 Å². The molecular weight excluding hydrogens is 216 g/mol. The molecule has 90 valence electrons. The van der Waals surface area contributed by atoms with E-state index in [0.717, 1.165) is 31.5 Å². The van der Waals surface area contributed by atoms with Crippen molar-refractivity contribution in [1.82, 2.24) is 0 Å². The Bertz CT molecular complexity index is 472. The maximum absolute atomic E-state index is 11.2. The number of carbonyl (C=O) groups is 1. The first kappa shape index (κ1) is 10.4. The lowest BCUT2D eigenvalue weighted by Gasteiger charge is -2.35. The lowest BCUT2D eigenvalue weighted by atomic mass is 9.90. The summed E-state index contributed by atoms with van der Waals surface area (Å²) in [5.74, 6) is -0.864. The zero-order chi connectivity index (χ0) is 12.0. The van der Waals surface area contributed by atoms with Gasteiger partial charge in [0.2, 0.25) is 0 Å². The topological polar surface area (TPSA) is 66.6 Å². The Kier molecular flexibility index (Phi) is 2.24. The van der Waals surface area contributed by atoms with Gasteiger partial charge >= 0.3 is 5.97 Å². The summed E-state index contributed by atoms with van der Waals surface area (Å²) in [5.41, 5.74) is 9.01. The number of nitrogen functional groups attached to an aromatic ring is 1. The van der Waals surface area contributed by atoms with E-state index in [1.807, 2.05) is 18.2 Å². The Balaban J connectivity index is 1.96. The van der Waals surface area contributed by atoms with Gasteiger partial charge in [-0.15, -0.1) is 0 Å². The Morgan fingerprint density at radius 2 is 2.24 bits per heavy atom. The van der Waals surface area contributed by atoms with Gasteiger partial charge in [0.25, 0.3) is 0 Å². The van der Waals surface area contributed by atoms with Crippen LogP contribution in [0.3, 0.4) is 0 Å². The van der Waals surface area contributed by atoms with Crippen molar-refractivity contribution in [2.24, 2.45) is 5.92 Å². The van der Waals surface area contributed by atoms with Crippen LogP contribution in [0.25, 0.3) is 0 Å². The molecule has 0 aliphatic carbocycles. The van der Waals surface area contributed by atoms with Crippen LogP contribution in [0.2, 0.25) is 0 Å². The van der Waals surface area contributed by atoms with Crippen LogP contribution in [-0.2, 0) is 11.2 Å². The van der Waals surface area contributed by atoms with Gasteiger partial charge in [0.15, 0.2) is 0 Å². The summed E-state index contributed by atoms with van der Waals surface area (Å²) in [7, 11) is 0. The number of benzene rings is 1. The summed E-state index contributed by atoms with van der Waals surface area (Å²) >= 11 is 0. The zero-order valence-corrected chi connectivity index (χ0v) is 9.60. The molecule has 1 fully saturated rings. The molecule has 2 atom stereocenters. The van der Waals surface area contributed by atoms with E-state index in [9.17, 15) is 9.90 Å². The van der Waals surface area contributed by atoms with Crippen molar-refractivity contribution in [3.05, 3.63) is 23.8 Å². The lowest BCUT2D eigenvalue weighted by Crippen LogP contribution is -2.39. The average molecular weight is 232 g/mol. The van der Waals surface area contributed by atoms with Crippen LogP contribution < -0.4 is 10.6 Å². The van der Waals surface area contributed by atoms with Crippen molar-refractivity contribution in [2.45, 2.75) is 25.3 Å². The first-order valence-electron chi connectivity index (χ1n) is 6.04. The largest absolute Gasteiger partial charge is 0.481 e. The second-order valence-corrected chi connectivity index (χ2v) is 4.92. The molecule has 2 heterocycles. The lowest BCUT2D eigenvalue weighted by molar-refractivity contribution is -0.141. The molecule has 3 rings (SSSR count). The van der Waals surface area contributed by atoms with Gasteiger partial charge in [-0.3, -0.25) is 4.79 Å². The Labute approximate surface area is 100 Å². The minimum absolute atomic E-state index is 0.170. The highest BCUT2D eigenvalue weighted by Crippen LogP contribution is 2.39. The minimum atomic E-state index is -0.656. The molecule has 4 heteroatoms. The predicted molar refractivity (Wildman–Crippen MR) is 66.1 cm³/mol. The van der Waals surface area contributed by atoms with Crippen LogP contribution >= 0.6 is 0 Å². The molecule has 2 aliphatic heterocycles. The molecule has 2 aliphatic rings. The van der Waals surface area contributed by atoms with E-state index in [0.29, 0.717) is 0 Å². The third kappa shape index (κ3) is 1.55. The highest BCUT2D eigenvalue weighted by Gasteiger charge is 2.41. The number of carboxylic acid groups (broad SMARTS) is 1. The fourth-order valence-corrected chi connectivity index (χ4v) is 3.19. The third-order valence-corrected chi connectivity index (χ3v) is 3.99. The summed E-state index contributed by atoms with van der Waals surface area (Å²) in [5, 5.41) is 9.20. The molecule has 0 spiro atoms. The standard InChI is InChI=1S/C13H16N2O2/c14-9-2-4-11-8(7-9)1-3-12-10(13(16)17)5-6-15(11)12/h2,4,7,10,12H,1,3,5-6,14H2,(H,16,17). The van der Waals surface area contributed by atoms with Crippen molar-refractivity contribution in [2.75, 3.05) is 17.2 Å². The van der Waals surface area contributed by atoms with Gasteiger partial charge in [-0.2, -0.15) is 0 Å². The molecule has 1 aromatic rings. The summed E-state index contributed by atoms with van der Waals surface area (Å²) in [4.78, 5) is 13.4. The molecular formula is C13H16N2O2. The number of rotatable bonds is 1. The van der Waals surface area contributed by atoms with E-state index < -0.39 is 5.97 Å². The Hall–Kier alpha value is -1.71. The van der Waals surface area contributed by atoms with Gasteiger partial charge in [0.05, 0.1) is 5.92 Å². The number of aryl methyl sites for hydroxylation is 1. The zero-order valence-electron chi connectivity index (χ0n) is 9.60. The van der Waals surface area contributed by atoms with E-state index in [1.54, 1.807) is 0 Å². The first-order valence-corrected chi connectivity index (χ1v) is 6.04. The molecule has 3 N–H and O–H groups in total. The van der Waals surface area contributed by atoms with Gasteiger partial charge in [0.1, 0.15) is 0 Å². The summed E-state index contributed by atoms with van der Waals surface area (Å²) in [6.45, 7) is 0.846. The van der Waals surface area contributed by atoms with Crippen molar-refractivity contribution >= 4 is 17.3 Å². The number of hydrogen-bond acceptors (Lipinski definition) is 3. The van der Waals surface area contributed by atoms with Gasteiger partial charge in [0, 0.05) is 24.0 Å². The first-order chi connectivity index (χ1) is 8.16. The van der Waals surface area contributed by atoms with Crippen LogP contribution in [0.1, 0.15) is 18.4 Å². The maximum atomic E-state index is 11.2. The number of nitrogens with two attached hydrogens (primary N) is 1. The number of anilines is 2. The van der Waals surface area contributed by atoms with Crippen molar-refractivity contribution in [3.63, 3.8) is 0 Å². The van der Waals surface area contributed by atoms with E-state index in [4.69, 9.17) is 5.73 Å². The number of fused-ring (bicyclic) bond motifs is 3. The third-order valence-electron chi connectivity index (χ3n) is 3.99. The fourth-order valence-electron chi connectivity index (χ4n) is 3.19. The van der Waals surface area contributed by atoms with Crippen molar-refractivity contribution < 1.29 is 9.90 Å². The number of hydrogen-bond donors (Lipinski definition) is 2. The van der Waals surface area contributed by atoms with E-state index in [2.05, 4.69) is 4.90 Å². The summed E-state index contributed by atoms with van der Waals surface area (Å²) < 4.78 is 0. The second-order valence-electron chi connectivity index (χ2n) is 4.92. The maximum Gasteiger partial charge on any atom is 0.308 e. The van der Waals surface area contributed by atoms with Gasteiger partial charge < -0.3 is 15.7 Å². The average Bonchev–Trinajstić information content (AvgIpc) is 2.72. The monoisotopic (exact) mass is 232 g/mol. The SMILES string of the molecule is Nc1ccc2c(c1)CCC1C(C(=O)O)CCN21. The highest BCUT2D eigenvalue weighted by molar-refractivity contribution is 5.74. The molecule has 2 unspecified atom stereocenters. The van der Waals surface area contributed by atoms with E-state index in [1.165, 1.54) is 11.3 Å².